The summed E-state index contributed by atoms with van der Waals surface area (Å²) in [5.41, 5.74) is 6.38. The van der Waals surface area contributed by atoms with Crippen molar-refractivity contribution in [2.24, 2.45) is 5.73 Å². The number of rotatable bonds is 3. The molecule has 1 atom stereocenters. The Bertz CT molecular complexity index is 578. The number of hydrogen-bond acceptors (Lipinski definition) is 5. The first-order valence-electron chi connectivity index (χ1n) is 6.64. The minimum Gasteiger partial charge on any atom is -0.339 e. The van der Waals surface area contributed by atoms with E-state index in [4.69, 9.17) is 10.3 Å². The van der Waals surface area contributed by atoms with Gasteiger partial charge in [0.1, 0.15) is 6.04 Å². The lowest BCUT2D eigenvalue weighted by Crippen LogP contribution is -2.12. The molecule has 2 aromatic rings. The van der Waals surface area contributed by atoms with Gasteiger partial charge in [-0.15, -0.1) is 11.3 Å². The van der Waals surface area contributed by atoms with E-state index in [1.807, 2.05) is 0 Å². The summed E-state index contributed by atoms with van der Waals surface area (Å²) in [4.78, 5) is 6.84. The largest absolute Gasteiger partial charge is 0.339 e. The summed E-state index contributed by atoms with van der Waals surface area (Å²) >= 11 is 1.73. The van der Waals surface area contributed by atoms with Gasteiger partial charge < -0.3 is 10.3 Å². The van der Waals surface area contributed by atoms with E-state index in [0.717, 1.165) is 23.6 Å². The van der Waals surface area contributed by atoms with Gasteiger partial charge >= 0.3 is 0 Å². The summed E-state index contributed by atoms with van der Waals surface area (Å²) in [5, 5.41) is 4.02. The van der Waals surface area contributed by atoms with Crippen molar-refractivity contribution in [3.63, 3.8) is 0 Å². The number of nitrogens with zero attached hydrogens (tertiary/aromatic N) is 2. The fraction of sp³-hybridized carbons (Fsp3) is 0.571. The Morgan fingerprint density at radius 2 is 2.11 bits per heavy atom. The fourth-order valence-electron chi connectivity index (χ4n) is 1.92. The predicted molar refractivity (Wildman–Crippen MR) is 75.3 cm³/mol. The van der Waals surface area contributed by atoms with E-state index in [9.17, 15) is 0 Å². The highest BCUT2D eigenvalue weighted by atomic mass is 32.1. The lowest BCUT2D eigenvalue weighted by Gasteiger charge is -2.15. The topological polar surface area (TPSA) is 64.9 Å². The minimum atomic E-state index is -0.280. The van der Waals surface area contributed by atoms with Crippen molar-refractivity contribution in [2.45, 2.75) is 51.0 Å². The van der Waals surface area contributed by atoms with Crippen LogP contribution in [-0.4, -0.2) is 10.1 Å². The molecule has 1 fully saturated rings. The maximum absolute atomic E-state index is 6.23. The van der Waals surface area contributed by atoms with E-state index in [-0.39, 0.29) is 11.5 Å². The van der Waals surface area contributed by atoms with Crippen molar-refractivity contribution in [1.82, 2.24) is 10.1 Å². The second-order valence-electron chi connectivity index (χ2n) is 6.19. The fourth-order valence-corrected chi connectivity index (χ4v) is 2.98. The Morgan fingerprint density at radius 1 is 1.37 bits per heavy atom. The molecule has 3 rings (SSSR count). The van der Waals surface area contributed by atoms with E-state index in [2.05, 4.69) is 43.0 Å². The average molecular weight is 277 g/mol. The van der Waals surface area contributed by atoms with Gasteiger partial charge in [-0.25, -0.2) is 0 Å². The van der Waals surface area contributed by atoms with E-state index < -0.39 is 0 Å². The molecule has 2 N–H and O–H groups in total. The number of thiophene rings is 1. The molecule has 102 valence electrons. The third kappa shape index (κ3) is 2.58. The minimum absolute atomic E-state index is 0.152. The zero-order valence-electron chi connectivity index (χ0n) is 11.5. The molecule has 1 saturated carbocycles. The van der Waals surface area contributed by atoms with Crippen molar-refractivity contribution < 1.29 is 4.52 Å². The van der Waals surface area contributed by atoms with E-state index in [0.29, 0.717) is 11.7 Å². The van der Waals surface area contributed by atoms with Gasteiger partial charge in [0.2, 0.25) is 5.89 Å². The highest BCUT2D eigenvalue weighted by Gasteiger charge is 2.31. The second kappa shape index (κ2) is 4.42. The first kappa shape index (κ1) is 12.8. The Hall–Kier alpha value is -1.20. The molecule has 0 aliphatic heterocycles. The second-order valence-corrected chi connectivity index (χ2v) is 7.31. The van der Waals surface area contributed by atoms with Crippen LogP contribution in [0.25, 0.3) is 0 Å². The summed E-state index contributed by atoms with van der Waals surface area (Å²) < 4.78 is 5.27. The third-order valence-corrected chi connectivity index (χ3v) is 4.93. The van der Waals surface area contributed by atoms with Crippen LogP contribution < -0.4 is 5.73 Å². The first-order valence-corrected chi connectivity index (χ1v) is 7.46. The van der Waals surface area contributed by atoms with Gasteiger partial charge in [0, 0.05) is 15.7 Å². The summed E-state index contributed by atoms with van der Waals surface area (Å²) in [6, 6.07) is 3.93. The van der Waals surface area contributed by atoms with Crippen LogP contribution in [0.5, 0.6) is 0 Å². The van der Waals surface area contributed by atoms with Gasteiger partial charge in [0.15, 0.2) is 5.82 Å². The van der Waals surface area contributed by atoms with Crippen molar-refractivity contribution >= 4 is 11.3 Å². The highest BCUT2D eigenvalue weighted by molar-refractivity contribution is 7.12. The van der Waals surface area contributed by atoms with Crippen molar-refractivity contribution in [3.8, 4) is 0 Å². The van der Waals surface area contributed by atoms with Crippen molar-refractivity contribution in [1.29, 1.82) is 0 Å². The van der Waals surface area contributed by atoms with Gasteiger partial charge in [-0.05, 0) is 30.4 Å². The zero-order chi connectivity index (χ0) is 13.6. The zero-order valence-corrected chi connectivity index (χ0v) is 12.3. The highest BCUT2D eigenvalue weighted by Crippen LogP contribution is 2.39. The summed E-state index contributed by atoms with van der Waals surface area (Å²) in [5.74, 6) is 1.82. The van der Waals surface area contributed by atoms with Crippen LogP contribution in [0.2, 0.25) is 0 Å². The quantitative estimate of drug-likeness (QED) is 0.934. The van der Waals surface area contributed by atoms with Crippen LogP contribution >= 0.6 is 11.3 Å². The van der Waals surface area contributed by atoms with Gasteiger partial charge in [0.05, 0.1) is 0 Å². The van der Waals surface area contributed by atoms with Crippen LogP contribution in [0.15, 0.2) is 16.7 Å². The maximum atomic E-state index is 6.23. The Labute approximate surface area is 117 Å². The van der Waals surface area contributed by atoms with Crippen molar-refractivity contribution in [2.75, 3.05) is 0 Å². The molecule has 1 aliphatic rings. The average Bonchev–Trinajstić information content (AvgIpc) is 2.91. The molecule has 2 aromatic heterocycles. The molecule has 1 unspecified atom stereocenters. The normalized spacial score (nSPS) is 17.7. The monoisotopic (exact) mass is 277 g/mol. The third-order valence-electron chi connectivity index (χ3n) is 3.33. The summed E-state index contributed by atoms with van der Waals surface area (Å²) in [7, 11) is 0. The van der Waals surface area contributed by atoms with Gasteiger partial charge in [0.25, 0.3) is 0 Å². The number of aromatic nitrogens is 2. The van der Waals surface area contributed by atoms with E-state index >= 15 is 0 Å². The maximum Gasteiger partial charge on any atom is 0.229 e. The lowest BCUT2D eigenvalue weighted by atomic mass is 9.95. The van der Waals surface area contributed by atoms with Gasteiger partial charge in [-0.1, -0.05) is 25.9 Å². The van der Waals surface area contributed by atoms with Gasteiger partial charge in [-0.2, -0.15) is 4.98 Å². The van der Waals surface area contributed by atoms with E-state index in [1.165, 1.54) is 4.88 Å². The molecule has 0 spiro atoms. The van der Waals surface area contributed by atoms with Crippen LogP contribution in [0, 0.1) is 0 Å². The Kier molecular flexibility index (Phi) is 2.98. The Morgan fingerprint density at radius 3 is 2.68 bits per heavy atom. The number of hydrogen-bond donors (Lipinski definition) is 1. The predicted octanol–water partition coefficient (Wildman–Crippen LogP) is 3.35. The molecule has 0 aromatic carbocycles. The molecular formula is C14H19N3OS. The molecular weight excluding hydrogens is 258 g/mol. The standard InChI is InChI=1S/C14H19N3OS/c1-14(2,3)10-7-6-9(19-10)11(15)12-16-13(18-17-12)8-4-5-8/h6-8,11H,4-5,15H2,1-3H3. The Balaban J connectivity index is 1.82. The molecule has 5 heteroatoms. The van der Waals surface area contributed by atoms with E-state index in [1.54, 1.807) is 11.3 Å². The van der Waals surface area contributed by atoms with Crippen LogP contribution in [0.3, 0.4) is 0 Å². The van der Waals surface area contributed by atoms with Crippen LogP contribution in [-0.2, 0) is 5.41 Å². The molecule has 0 amide bonds. The number of nitrogens with two attached hydrogens (primary N) is 1. The smallest absolute Gasteiger partial charge is 0.229 e. The molecule has 2 heterocycles. The van der Waals surface area contributed by atoms with Crippen molar-refractivity contribution in [3.05, 3.63) is 33.6 Å². The molecule has 0 saturated heterocycles. The molecule has 1 aliphatic carbocycles. The summed E-state index contributed by atoms with van der Waals surface area (Å²) in [6.07, 6.45) is 2.31. The molecule has 0 radical (unpaired) electrons. The molecule has 19 heavy (non-hydrogen) atoms. The van der Waals surface area contributed by atoms with Crippen LogP contribution in [0.4, 0.5) is 0 Å². The summed E-state index contributed by atoms with van der Waals surface area (Å²) in [6.45, 7) is 6.61. The van der Waals surface area contributed by atoms with Crippen LogP contribution in [0.1, 0.15) is 67.0 Å². The molecule has 0 bridgehead atoms. The lowest BCUT2D eigenvalue weighted by molar-refractivity contribution is 0.372. The molecule has 4 nitrogen and oxygen atoms in total. The SMILES string of the molecule is CC(C)(C)c1ccc(C(N)c2noc(C3CC3)n2)s1. The first-order chi connectivity index (χ1) is 8.95. The van der Waals surface area contributed by atoms with Gasteiger partial charge in [-0.3, -0.25) is 0 Å².